The smallest absolute Gasteiger partial charge is 0.350 e. The molecule has 0 saturated carbocycles. The van der Waals surface area contributed by atoms with Gasteiger partial charge in [0.1, 0.15) is 4.88 Å². The van der Waals surface area contributed by atoms with Gasteiger partial charge >= 0.3 is 5.97 Å². The van der Waals surface area contributed by atoms with E-state index in [1.165, 1.54) is 18.2 Å². The Morgan fingerprint density at radius 1 is 1.27 bits per heavy atom. The number of hydrogen-bond acceptors (Lipinski definition) is 5. The Kier molecular flexibility index (Phi) is 5.39. The van der Waals surface area contributed by atoms with E-state index < -0.39 is 11.9 Å². The van der Waals surface area contributed by atoms with Gasteiger partial charge in [0.2, 0.25) is 0 Å². The third-order valence-electron chi connectivity index (χ3n) is 2.60. The topological polar surface area (TPSA) is 68.3 Å². The molecule has 2 aromatic rings. The molecular formula is C14H12Cl2N2O3S. The highest BCUT2D eigenvalue weighted by atomic mass is 35.5. The van der Waals surface area contributed by atoms with Crippen LogP contribution in [0.2, 0.25) is 10.0 Å². The number of hydrogen-bond donors (Lipinski definition) is 1. The van der Waals surface area contributed by atoms with E-state index in [2.05, 4.69) is 10.3 Å². The van der Waals surface area contributed by atoms with E-state index in [1.807, 2.05) is 0 Å². The van der Waals surface area contributed by atoms with Crippen molar-refractivity contribution in [1.82, 2.24) is 4.98 Å². The molecule has 116 valence electrons. The van der Waals surface area contributed by atoms with Crippen molar-refractivity contribution in [3.8, 4) is 0 Å². The Balaban J connectivity index is 2.18. The molecule has 0 aliphatic rings. The average Bonchev–Trinajstić information content (AvgIpc) is 2.78. The van der Waals surface area contributed by atoms with Crippen molar-refractivity contribution in [3.63, 3.8) is 0 Å². The van der Waals surface area contributed by atoms with E-state index in [4.69, 9.17) is 27.9 Å². The normalized spacial score (nSPS) is 10.4. The third kappa shape index (κ3) is 3.97. The first-order valence-corrected chi connectivity index (χ1v) is 7.90. The summed E-state index contributed by atoms with van der Waals surface area (Å²) in [6, 6.07) is 4.53. The summed E-state index contributed by atoms with van der Waals surface area (Å²) in [4.78, 5) is 28.4. The number of rotatable bonds is 4. The summed E-state index contributed by atoms with van der Waals surface area (Å²) in [7, 11) is 0. The fraction of sp³-hybridized carbons (Fsp3) is 0.214. The molecule has 0 atom stereocenters. The minimum Gasteiger partial charge on any atom is -0.462 e. The maximum absolute atomic E-state index is 12.2. The largest absolute Gasteiger partial charge is 0.462 e. The van der Waals surface area contributed by atoms with Crippen molar-refractivity contribution in [2.75, 3.05) is 11.9 Å². The van der Waals surface area contributed by atoms with Crippen LogP contribution in [-0.2, 0) is 4.74 Å². The van der Waals surface area contributed by atoms with Crippen LogP contribution in [0.3, 0.4) is 0 Å². The second-order valence-corrected chi connectivity index (χ2v) is 6.14. The predicted molar refractivity (Wildman–Crippen MR) is 87.2 cm³/mol. The van der Waals surface area contributed by atoms with E-state index >= 15 is 0 Å². The number of amides is 1. The number of aromatic nitrogens is 1. The number of thiazole rings is 1. The second-order valence-electron chi connectivity index (χ2n) is 4.27. The first-order valence-electron chi connectivity index (χ1n) is 6.32. The van der Waals surface area contributed by atoms with Gasteiger partial charge in [-0.25, -0.2) is 9.78 Å². The van der Waals surface area contributed by atoms with Gasteiger partial charge in [-0.15, -0.1) is 0 Å². The molecule has 0 unspecified atom stereocenters. The van der Waals surface area contributed by atoms with E-state index in [-0.39, 0.29) is 6.61 Å². The van der Waals surface area contributed by atoms with Gasteiger partial charge < -0.3 is 4.74 Å². The summed E-state index contributed by atoms with van der Waals surface area (Å²) in [5.41, 5.74) is 0.811. The number of nitrogens with zero attached hydrogens (tertiary/aromatic N) is 1. The average molecular weight is 359 g/mol. The summed E-state index contributed by atoms with van der Waals surface area (Å²) in [6.07, 6.45) is 0. The van der Waals surface area contributed by atoms with Crippen LogP contribution in [-0.4, -0.2) is 23.5 Å². The molecule has 1 amide bonds. The minimum atomic E-state index is -0.455. The Morgan fingerprint density at radius 2 is 1.91 bits per heavy atom. The quantitative estimate of drug-likeness (QED) is 0.832. The number of aryl methyl sites for hydroxylation is 1. The zero-order valence-electron chi connectivity index (χ0n) is 11.8. The van der Waals surface area contributed by atoms with Crippen LogP contribution in [0.5, 0.6) is 0 Å². The van der Waals surface area contributed by atoms with Gasteiger partial charge in [0.15, 0.2) is 5.13 Å². The lowest BCUT2D eigenvalue weighted by molar-refractivity contribution is 0.0531. The van der Waals surface area contributed by atoms with Crippen LogP contribution in [0.4, 0.5) is 5.13 Å². The fourth-order valence-corrected chi connectivity index (χ4v) is 3.07. The van der Waals surface area contributed by atoms with Gasteiger partial charge in [0.05, 0.1) is 12.3 Å². The van der Waals surface area contributed by atoms with E-state index in [0.29, 0.717) is 31.3 Å². The summed E-state index contributed by atoms with van der Waals surface area (Å²) < 4.78 is 4.93. The molecule has 5 nitrogen and oxygen atoms in total. The lowest BCUT2D eigenvalue weighted by Gasteiger charge is -2.03. The van der Waals surface area contributed by atoms with Gasteiger partial charge in [0, 0.05) is 15.6 Å². The van der Waals surface area contributed by atoms with Crippen molar-refractivity contribution < 1.29 is 14.3 Å². The molecule has 0 radical (unpaired) electrons. The fourth-order valence-electron chi connectivity index (χ4n) is 1.69. The van der Waals surface area contributed by atoms with Crippen molar-refractivity contribution in [1.29, 1.82) is 0 Å². The Hall–Kier alpha value is -1.63. The molecule has 0 aliphatic carbocycles. The van der Waals surface area contributed by atoms with Crippen LogP contribution in [0, 0.1) is 6.92 Å². The highest BCUT2D eigenvalue weighted by Gasteiger charge is 2.18. The molecule has 1 aromatic carbocycles. The molecular weight excluding hydrogens is 347 g/mol. The molecule has 1 heterocycles. The van der Waals surface area contributed by atoms with Gasteiger partial charge in [-0.2, -0.15) is 0 Å². The number of anilines is 1. The molecule has 2 rings (SSSR count). The molecule has 8 heteroatoms. The minimum absolute atomic E-state index is 0.277. The summed E-state index contributed by atoms with van der Waals surface area (Å²) in [5, 5.41) is 3.64. The number of halogens is 2. The number of esters is 1. The number of nitrogens with one attached hydrogen (secondary N) is 1. The Labute approximate surface area is 141 Å². The van der Waals surface area contributed by atoms with Gasteiger partial charge in [0.25, 0.3) is 5.91 Å². The summed E-state index contributed by atoms with van der Waals surface area (Å²) >= 11 is 12.8. The number of benzene rings is 1. The van der Waals surface area contributed by atoms with Crippen LogP contribution < -0.4 is 5.32 Å². The first kappa shape index (κ1) is 16.7. The maximum atomic E-state index is 12.2. The molecule has 0 aliphatic heterocycles. The monoisotopic (exact) mass is 358 g/mol. The van der Waals surface area contributed by atoms with Crippen LogP contribution in [0.1, 0.15) is 32.6 Å². The van der Waals surface area contributed by atoms with Gasteiger partial charge in [-0.3, -0.25) is 10.1 Å². The van der Waals surface area contributed by atoms with Gasteiger partial charge in [-0.05, 0) is 32.0 Å². The highest BCUT2D eigenvalue weighted by Crippen LogP contribution is 2.25. The van der Waals surface area contributed by atoms with Crippen molar-refractivity contribution in [2.45, 2.75) is 13.8 Å². The molecule has 0 spiro atoms. The van der Waals surface area contributed by atoms with Crippen LogP contribution in [0.25, 0.3) is 0 Å². The first-order chi connectivity index (χ1) is 10.4. The summed E-state index contributed by atoms with van der Waals surface area (Å²) in [6.45, 7) is 3.67. The lowest BCUT2D eigenvalue weighted by Crippen LogP contribution is -2.11. The molecule has 1 N–H and O–H groups in total. The second kappa shape index (κ2) is 7.09. The lowest BCUT2D eigenvalue weighted by atomic mass is 10.2. The molecule has 1 aromatic heterocycles. The van der Waals surface area contributed by atoms with E-state index in [1.54, 1.807) is 13.8 Å². The number of carbonyl (C=O) groups excluding carboxylic acids is 2. The SMILES string of the molecule is CCOC(=O)c1sc(NC(=O)c2cc(Cl)cc(Cl)c2)nc1C. The number of carbonyl (C=O) groups is 2. The molecule has 0 saturated heterocycles. The zero-order valence-corrected chi connectivity index (χ0v) is 14.1. The maximum Gasteiger partial charge on any atom is 0.350 e. The van der Waals surface area contributed by atoms with Gasteiger partial charge in [-0.1, -0.05) is 34.5 Å². The summed E-state index contributed by atoms with van der Waals surface area (Å²) in [5.74, 6) is -0.864. The van der Waals surface area contributed by atoms with Crippen molar-refractivity contribution in [2.24, 2.45) is 0 Å². The standard InChI is InChI=1S/C14H12Cl2N2O3S/c1-3-21-13(20)11-7(2)17-14(22-11)18-12(19)8-4-9(15)6-10(16)5-8/h4-6H,3H2,1-2H3,(H,17,18,19). The van der Waals surface area contributed by atoms with E-state index in [9.17, 15) is 9.59 Å². The molecule has 0 fully saturated rings. The zero-order chi connectivity index (χ0) is 16.3. The Bertz CT molecular complexity index is 711. The third-order valence-corrected chi connectivity index (χ3v) is 4.09. The number of ether oxygens (including phenoxy) is 1. The highest BCUT2D eigenvalue weighted by molar-refractivity contribution is 7.17. The van der Waals surface area contributed by atoms with Crippen molar-refractivity contribution >= 4 is 51.5 Å². The predicted octanol–water partition coefficient (Wildman–Crippen LogP) is 4.19. The van der Waals surface area contributed by atoms with E-state index in [0.717, 1.165) is 11.3 Å². The molecule has 0 bridgehead atoms. The van der Waals surface area contributed by atoms with Crippen molar-refractivity contribution in [3.05, 3.63) is 44.4 Å². The molecule has 22 heavy (non-hydrogen) atoms. The Morgan fingerprint density at radius 3 is 2.50 bits per heavy atom. The van der Waals surface area contributed by atoms with Crippen LogP contribution in [0.15, 0.2) is 18.2 Å². The van der Waals surface area contributed by atoms with Crippen LogP contribution >= 0.6 is 34.5 Å².